The lowest BCUT2D eigenvalue weighted by Crippen LogP contribution is -2.40. The topological polar surface area (TPSA) is 40.5 Å². The molecule has 4 rings (SSSR count). The zero-order valence-corrected chi connectivity index (χ0v) is 14.3. The van der Waals surface area contributed by atoms with Gasteiger partial charge in [-0.2, -0.15) is 0 Å². The van der Waals surface area contributed by atoms with E-state index < -0.39 is 5.60 Å². The molecular weight excluding hydrogens is 317 g/mol. The molecule has 25 heavy (non-hydrogen) atoms. The molecule has 0 radical (unpaired) electrons. The molecule has 0 bridgehead atoms. The summed E-state index contributed by atoms with van der Waals surface area (Å²) < 4.78 is 13.1. The van der Waals surface area contributed by atoms with Gasteiger partial charge in [-0.1, -0.05) is 31.2 Å². The number of halogens is 1. The van der Waals surface area contributed by atoms with Crippen LogP contribution < -0.4 is 0 Å². The quantitative estimate of drug-likeness (QED) is 0.926. The maximum atomic E-state index is 13.1. The van der Waals surface area contributed by atoms with E-state index >= 15 is 0 Å². The van der Waals surface area contributed by atoms with Gasteiger partial charge in [0.15, 0.2) is 0 Å². The zero-order chi connectivity index (χ0) is 17.6. The number of hydrogen-bond acceptors (Lipinski definition) is 2. The average Bonchev–Trinajstić information content (AvgIpc) is 3.42. The lowest BCUT2D eigenvalue weighted by atomic mass is 9.88. The molecule has 2 aliphatic rings. The minimum atomic E-state index is -0.732. The summed E-state index contributed by atoms with van der Waals surface area (Å²) in [7, 11) is 0. The van der Waals surface area contributed by atoms with Crippen molar-refractivity contribution < 1.29 is 14.3 Å². The lowest BCUT2D eigenvalue weighted by Gasteiger charge is -2.26. The van der Waals surface area contributed by atoms with Crippen molar-refractivity contribution in [1.82, 2.24) is 4.90 Å². The normalized spacial score (nSPS) is 26.0. The molecule has 3 nitrogen and oxygen atoms in total. The fourth-order valence-electron chi connectivity index (χ4n) is 3.94. The van der Waals surface area contributed by atoms with Gasteiger partial charge in [-0.3, -0.25) is 4.79 Å². The van der Waals surface area contributed by atoms with Gasteiger partial charge in [0.05, 0.1) is 12.1 Å². The summed E-state index contributed by atoms with van der Waals surface area (Å²) in [5.41, 5.74) is 1.63. The first-order chi connectivity index (χ1) is 12.0. The van der Waals surface area contributed by atoms with Gasteiger partial charge in [0.25, 0.3) is 5.91 Å². The molecule has 2 atom stereocenters. The Balaban J connectivity index is 1.57. The second-order valence-corrected chi connectivity index (χ2v) is 7.44. The number of amides is 1. The third-order valence-corrected chi connectivity index (χ3v) is 5.65. The van der Waals surface area contributed by atoms with Crippen molar-refractivity contribution in [2.24, 2.45) is 11.8 Å². The van der Waals surface area contributed by atoms with E-state index in [-0.39, 0.29) is 17.6 Å². The van der Waals surface area contributed by atoms with E-state index in [1.165, 1.54) is 12.1 Å². The van der Waals surface area contributed by atoms with Gasteiger partial charge in [0, 0.05) is 18.0 Å². The molecule has 0 aromatic heterocycles. The van der Waals surface area contributed by atoms with E-state index in [2.05, 4.69) is 0 Å². The summed E-state index contributed by atoms with van der Waals surface area (Å²) in [6.45, 7) is 3.03. The van der Waals surface area contributed by atoms with Crippen LogP contribution in [0.4, 0.5) is 4.39 Å². The van der Waals surface area contributed by atoms with Gasteiger partial charge in [0.2, 0.25) is 0 Å². The number of aliphatic hydroxyl groups is 1. The summed E-state index contributed by atoms with van der Waals surface area (Å²) in [4.78, 5) is 14.7. The number of likely N-dealkylation sites (tertiary alicyclic amines) is 1. The second kappa shape index (κ2) is 5.95. The summed E-state index contributed by atoms with van der Waals surface area (Å²) >= 11 is 0. The molecule has 130 valence electrons. The molecule has 0 unspecified atom stereocenters. The smallest absolute Gasteiger partial charge is 0.253 e. The predicted octanol–water partition coefficient (Wildman–Crippen LogP) is 3.73. The van der Waals surface area contributed by atoms with Gasteiger partial charge < -0.3 is 10.0 Å². The van der Waals surface area contributed by atoms with Crippen LogP contribution in [0.3, 0.4) is 0 Å². The third-order valence-electron chi connectivity index (χ3n) is 5.65. The average molecular weight is 339 g/mol. The monoisotopic (exact) mass is 339 g/mol. The molecule has 2 aromatic carbocycles. The summed E-state index contributed by atoms with van der Waals surface area (Å²) in [6.07, 6.45) is 2.12. The molecule has 1 heterocycles. The van der Waals surface area contributed by atoms with Crippen LogP contribution in [0.5, 0.6) is 0 Å². The van der Waals surface area contributed by atoms with Gasteiger partial charge in [-0.15, -0.1) is 0 Å². The Hall–Kier alpha value is -2.20. The fraction of sp³-hybridized carbons (Fsp3) is 0.381. The van der Waals surface area contributed by atoms with Gasteiger partial charge in [0.1, 0.15) is 5.82 Å². The molecule has 1 saturated heterocycles. The molecule has 1 aliphatic heterocycles. The Labute approximate surface area is 147 Å². The predicted molar refractivity (Wildman–Crippen MR) is 94.6 cm³/mol. The number of hydrogen-bond donors (Lipinski definition) is 1. The zero-order valence-electron chi connectivity index (χ0n) is 14.3. The van der Waals surface area contributed by atoms with Crippen molar-refractivity contribution in [3.63, 3.8) is 0 Å². The minimum Gasteiger partial charge on any atom is -0.387 e. The molecular formula is C21H22FNO2. The molecule has 1 saturated carbocycles. The number of carbonyl (C=O) groups is 1. The minimum absolute atomic E-state index is 0.0487. The fourth-order valence-corrected chi connectivity index (χ4v) is 3.94. The number of carbonyl (C=O) groups excluding carboxylic acids is 1. The van der Waals surface area contributed by atoms with Crippen LogP contribution in [0.25, 0.3) is 11.1 Å². The van der Waals surface area contributed by atoms with Crippen molar-refractivity contribution in [3.8, 4) is 11.1 Å². The largest absolute Gasteiger partial charge is 0.387 e. The Morgan fingerprint density at radius 2 is 1.88 bits per heavy atom. The number of nitrogens with zero attached hydrogens (tertiary/aromatic N) is 1. The summed E-state index contributed by atoms with van der Waals surface area (Å²) in [6, 6.07) is 13.7. The summed E-state index contributed by atoms with van der Waals surface area (Å²) in [5, 5.41) is 10.9. The first kappa shape index (κ1) is 16.3. The first-order valence-corrected chi connectivity index (χ1v) is 8.85. The summed E-state index contributed by atoms with van der Waals surface area (Å²) in [5.74, 6) is 0.115. The SMILES string of the molecule is C[C@@H]1CN(C(=O)c2cccc(-c3ccc(F)cc3)c2)C[C@@]1(O)C1CC1. The van der Waals surface area contributed by atoms with Crippen LogP contribution in [0, 0.1) is 17.7 Å². The van der Waals surface area contributed by atoms with E-state index in [1.807, 2.05) is 25.1 Å². The Morgan fingerprint density at radius 3 is 2.56 bits per heavy atom. The maximum absolute atomic E-state index is 13.1. The Kier molecular flexibility index (Phi) is 3.88. The highest BCUT2D eigenvalue weighted by atomic mass is 19.1. The van der Waals surface area contributed by atoms with E-state index in [0.29, 0.717) is 24.6 Å². The first-order valence-electron chi connectivity index (χ1n) is 8.85. The molecule has 1 N–H and O–H groups in total. The highest BCUT2D eigenvalue weighted by Gasteiger charge is 2.53. The van der Waals surface area contributed by atoms with Crippen LogP contribution >= 0.6 is 0 Å². The van der Waals surface area contributed by atoms with Gasteiger partial charge in [-0.05, 0) is 54.2 Å². The molecule has 0 spiro atoms. The van der Waals surface area contributed by atoms with Crippen molar-refractivity contribution in [1.29, 1.82) is 0 Å². The second-order valence-electron chi connectivity index (χ2n) is 7.44. The van der Waals surface area contributed by atoms with Crippen molar-refractivity contribution in [3.05, 3.63) is 59.9 Å². The molecule has 4 heteroatoms. The third kappa shape index (κ3) is 2.95. The van der Waals surface area contributed by atoms with Gasteiger partial charge in [-0.25, -0.2) is 4.39 Å². The van der Waals surface area contributed by atoms with E-state index in [4.69, 9.17) is 0 Å². The van der Waals surface area contributed by atoms with Crippen LogP contribution in [0.15, 0.2) is 48.5 Å². The Bertz CT molecular complexity index is 800. The van der Waals surface area contributed by atoms with Crippen LogP contribution in [-0.4, -0.2) is 34.6 Å². The standard InChI is InChI=1S/C21H22FNO2/c1-14-12-23(13-21(14,25)18-7-8-18)20(24)17-4-2-3-16(11-17)15-5-9-19(22)10-6-15/h2-6,9-11,14,18,25H,7-8,12-13H2,1H3/t14-,21+/m1/s1. The lowest BCUT2D eigenvalue weighted by molar-refractivity contribution is -0.00364. The Morgan fingerprint density at radius 1 is 1.16 bits per heavy atom. The highest BCUT2D eigenvalue weighted by Crippen LogP contribution is 2.47. The van der Waals surface area contributed by atoms with Crippen molar-refractivity contribution >= 4 is 5.91 Å². The van der Waals surface area contributed by atoms with Crippen LogP contribution in [0.1, 0.15) is 30.1 Å². The van der Waals surface area contributed by atoms with Gasteiger partial charge >= 0.3 is 0 Å². The number of benzene rings is 2. The molecule has 1 amide bonds. The maximum Gasteiger partial charge on any atom is 0.253 e. The van der Waals surface area contributed by atoms with Crippen molar-refractivity contribution in [2.45, 2.75) is 25.4 Å². The van der Waals surface area contributed by atoms with Crippen LogP contribution in [-0.2, 0) is 0 Å². The van der Waals surface area contributed by atoms with Crippen molar-refractivity contribution in [2.75, 3.05) is 13.1 Å². The molecule has 2 fully saturated rings. The number of rotatable bonds is 3. The molecule has 1 aliphatic carbocycles. The highest BCUT2D eigenvalue weighted by molar-refractivity contribution is 5.95. The van der Waals surface area contributed by atoms with E-state index in [1.54, 1.807) is 23.1 Å². The van der Waals surface area contributed by atoms with Crippen LogP contribution in [0.2, 0.25) is 0 Å². The number of β-amino-alcohol motifs (C(OH)–C–C–N with tert-alkyl or cyclic N) is 1. The molecule has 2 aromatic rings. The van der Waals surface area contributed by atoms with E-state index in [9.17, 15) is 14.3 Å². The van der Waals surface area contributed by atoms with E-state index in [0.717, 1.165) is 24.0 Å².